The van der Waals surface area contributed by atoms with Gasteiger partial charge in [0.1, 0.15) is 0 Å². The van der Waals surface area contributed by atoms with Gasteiger partial charge in [-0.2, -0.15) is 0 Å². The minimum absolute atomic E-state index is 0.181. The molecule has 0 saturated carbocycles. The molecule has 0 bridgehead atoms. The molecule has 1 heterocycles. The standard InChI is InChI=1S/C18H21NO/c1-19-13-12-18(14-20,16-10-6-3-7-11-16)17(19)15-8-4-2-5-9-15/h2-11,17,20H,12-14H2,1H3. The molecule has 104 valence electrons. The van der Waals surface area contributed by atoms with Crippen LogP contribution in [0.1, 0.15) is 23.6 Å². The molecule has 1 aliphatic rings. The van der Waals surface area contributed by atoms with Gasteiger partial charge in [0.15, 0.2) is 0 Å². The molecule has 1 N–H and O–H groups in total. The first-order valence-corrected chi connectivity index (χ1v) is 7.19. The predicted octanol–water partition coefficient (Wildman–Crippen LogP) is 2.99. The van der Waals surface area contributed by atoms with E-state index in [1.807, 2.05) is 12.1 Å². The molecule has 2 nitrogen and oxygen atoms in total. The first kappa shape index (κ1) is 13.3. The summed E-state index contributed by atoms with van der Waals surface area (Å²) in [5.41, 5.74) is 2.32. The summed E-state index contributed by atoms with van der Waals surface area (Å²) in [6.45, 7) is 1.19. The quantitative estimate of drug-likeness (QED) is 0.924. The van der Waals surface area contributed by atoms with Gasteiger partial charge in [-0.05, 0) is 31.1 Å². The fourth-order valence-corrected chi connectivity index (χ4v) is 3.60. The van der Waals surface area contributed by atoms with Gasteiger partial charge in [-0.25, -0.2) is 0 Å². The second-order valence-corrected chi connectivity index (χ2v) is 5.72. The molecule has 1 fully saturated rings. The first-order chi connectivity index (χ1) is 9.78. The molecule has 0 aromatic heterocycles. The van der Waals surface area contributed by atoms with Crippen molar-refractivity contribution in [3.8, 4) is 0 Å². The summed E-state index contributed by atoms with van der Waals surface area (Å²) in [6.07, 6.45) is 0.990. The van der Waals surface area contributed by atoms with Crippen LogP contribution < -0.4 is 0 Å². The van der Waals surface area contributed by atoms with Crippen LogP contribution in [-0.4, -0.2) is 30.2 Å². The molecule has 0 radical (unpaired) electrons. The molecule has 2 aromatic carbocycles. The molecule has 2 heteroatoms. The first-order valence-electron chi connectivity index (χ1n) is 7.19. The number of rotatable bonds is 3. The lowest BCUT2D eigenvalue weighted by atomic mass is 9.72. The summed E-state index contributed by atoms with van der Waals surface area (Å²) in [5.74, 6) is 0. The monoisotopic (exact) mass is 267 g/mol. The molecule has 2 aromatic rings. The highest BCUT2D eigenvalue weighted by Gasteiger charge is 2.47. The van der Waals surface area contributed by atoms with E-state index < -0.39 is 0 Å². The molecule has 1 saturated heterocycles. The fourth-order valence-electron chi connectivity index (χ4n) is 3.60. The van der Waals surface area contributed by atoms with E-state index in [9.17, 15) is 5.11 Å². The number of hydrogen-bond donors (Lipinski definition) is 1. The zero-order chi connectivity index (χ0) is 14.0. The van der Waals surface area contributed by atoms with Gasteiger partial charge in [0, 0.05) is 11.5 Å². The van der Waals surface area contributed by atoms with Crippen molar-refractivity contribution in [2.75, 3.05) is 20.2 Å². The van der Waals surface area contributed by atoms with Crippen molar-refractivity contribution in [3.63, 3.8) is 0 Å². The summed E-state index contributed by atoms with van der Waals surface area (Å²) in [6, 6.07) is 21.2. The Morgan fingerprint density at radius 1 is 1.05 bits per heavy atom. The number of likely N-dealkylation sites (tertiary alicyclic amines) is 1. The maximum atomic E-state index is 10.2. The molecular weight excluding hydrogens is 246 g/mol. The topological polar surface area (TPSA) is 23.5 Å². The number of hydrogen-bond acceptors (Lipinski definition) is 2. The fraction of sp³-hybridized carbons (Fsp3) is 0.333. The van der Waals surface area contributed by atoms with Crippen LogP contribution in [0.25, 0.3) is 0 Å². The average molecular weight is 267 g/mol. The van der Waals surface area contributed by atoms with Gasteiger partial charge >= 0.3 is 0 Å². The molecule has 1 aliphatic heterocycles. The van der Waals surface area contributed by atoms with E-state index in [4.69, 9.17) is 0 Å². The van der Waals surface area contributed by atoms with Gasteiger partial charge in [-0.15, -0.1) is 0 Å². The van der Waals surface area contributed by atoms with Gasteiger partial charge in [0.25, 0.3) is 0 Å². The third-order valence-electron chi connectivity index (χ3n) is 4.62. The summed E-state index contributed by atoms with van der Waals surface area (Å²) in [7, 11) is 2.15. The van der Waals surface area contributed by atoms with Gasteiger partial charge in [-0.1, -0.05) is 60.7 Å². The lowest BCUT2D eigenvalue weighted by Gasteiger charge is -2.36. The summed E-state index contributed by atoms with van der Waals surface area (Å²) in [5, 5.41) is 10.2. The Bertz CT molecular complexity index is 554. The number of benzene rings is 2. The van der Waals surface area contributed by atoms with Crippen molar-refractivity contribution in [2.45, 2.75) is 17.9 Å². The van der Waals surface area contributed by atoms with E-state index in [1.54, 1.807) is 0 Å². The molecule has 2 unspecified atom stereocenters. The lowest BCUT2D eigenvalue weighted by molar-refractivity contribution is 0.148. The summed E-state index contributed by atoms with van der Waals surface area (Å²) < 4.78 is 0. The third-order valence-corrected chi connectivity index (χ3v) is 4.62. The largest absolute Gasteiger partial charge is 0.395 e. The Morgan fingerprint density at radius 3 is 2.25 bits per heavy atom. The maximum absolute atomic E-state index is 10.2. The SMILES string of the molecule is CN1CCC(CO)(c2ccccc2)C1c1ccccc1. The molecule has 20 heavy (non-hydrogen) atoms. The number of aliphatic hydroxyl groups excluding tert-OH is 1. The lowest BCUT2D eigenvalue weighted by Crippen LogP contribution is -2.37. The Kier molecular flexibility index (Phi) is 3.60. The van der Waals surface area contributed by atoms with E-state index in [0.717, 1.165) is 13.0 Å². The smallest absolute Gasteiger partial charge is 0.0546 e. The Labute approximate surface area is 120 Å². The molecule has 0 aliphatic carbocycles. The highest BCUT2D eigenvalue weighted by Crippen LogP contribution is 2.47. The highest BCUT2D eigenvalue weighted by molar-refractivity contribution is 5.35. The highest BCUT2D eigenvalue weighted by atomic mass is 16.3. The van der Waals surface area contributed by atoms with Crippen LogP contribution in [0.15, 0.2) is 60.7 Å². The summed E-state index contributed by atoms with van der Waals surface area (Å²) >= 11 is 0. The predicted molar refractivity (Wildman–Crippen MR) is 81.6 cm³/mol. The van der Waals surface area contributed by atoms with Gasteiger partial charge in [0.05, 0.1) is 6.61 Å². The second kappa shape index (κ2) is 5.39. The van der Waals surface area contributed by atoms with E-state index in [1.165, 1.54) is 11.1 Å². The zero-order valence-corrected chi connectivity index (χ0v) is 11.9. The third kappa shape index (κ3) is 2.05. The molecular formula is C18H21NO. The number of nitrogens with zero attached hydrogens (tertiary/aromatic N) is 1. The van der Waals surface area contributed by atoms with Crippen molar-refractivity contribution in [3.05, 3.63) is 71.8 Å². The second-order valence-electron chi connectivity index (χ2n) is 5.72. The van der Waals surface area contributed by atoms with Crippen molar-refractivity contribution in [1.29, 1.82) is 0 Å². The van der Waals surface area contributed by atoms with Crippen LogP contribution in [-0.2, 0) is 5.41 Å². The van der Waals surface area contributed by atoms with Gasteiger partial charge in [0.2, 0.25) is 0 Å². The van der Waals surface area contributed by atoms with E-state index in [-0.39, 0.29) is 18.1 Å². The minimum Gasteiger partial charge on any atom is -0.395 e. The van der Waals surface area contributed by atoms with Crippen LogP contribution in [0.5, 0.6) is 0 Å². The van der Waals surface area contributed by atoms with E-state index >= 15 is 0 Å². The molecule has 0 spiro atoms. The van der Waals surface area contributed by atoms with Crippen molar-refractivity contribution < 1.29 is 5.11 Å². The van der Waals surface area contributed by atoms with Crippen molar-refractivity contribution >= 4 is 0 Å². The maximum Gasteiger partial charge on any atom is 0.0546 e. The summed E-state index contributed by atoms with van der Waals surface area (Å²) in [4.78, 5) is 2.36. The Balaban J connectivity index is 2.10. The number of aliphatic hydroxyl groups is 1. The van der Waals surface area contributed by atoms with Crippen LogP contribution in [0.4, 0.5) is 0 Å². The van der Waals surface area contributed by atoms with Crippen LogP contribution in [0, 0.1) is 0 Å². The molecule has 0 amide bonds. The van der Waals surface area contributed by atoms with Gasteiger partial charge in [-0.3, -0.25) is 4.90 Å². The molecule has 2 atom stereocenters. The molecule has 3 rings (SSSR count). The van der Waals surface area contributed by atoms with Crippen molar-refractivity contribution in [2.24, 2.45) is 0 Å². The Morgan fingerprint density at radius 2 is 1.65 bits per heavy atom. The van der Waals surface area contributed by atoms with Crippen LogP contribution >= 0.6 is 0 Å². The minimum atomic E-state index is -0.197. The Hall–Kier alpha value is -1.64. The average Bonchev–Trinajstić information content (AvgIpc) is 2.87. The van der Waals surface area contributed by atoms with E-state index in [0.29, 0.717) is 0 Å². The van der Waals surface area contributed by atoms with Gasteiger partial charge < -0.3 is 5.11 Å². The van der Waals surface area contributed by atoms with Crippen LogP contribution in [0.2, 0.25) is 0 Å². The van der Waals surface area contributed by atoms with Crippen LogP contribution in [0.3, 0.4) is 0 Å². The van der Waals surface area contributed by atoms with Crippen molar-refractivity contribution in [1.82, 2.24) is 4.90 Å². The zero-order valence-electron chi connectivity index (χ0n) is 11.9. The normalized spacial score (nSPS) is 26.8. The van der Waals surface area contributed by atoms with E-state index in [2.05, 4.69) is 60.5 Å². The number of likely N-dealkylation sites (N-methyl/N-ethyl adjacent to an activating group) is 1.